The molecule has 0 spiro atoms. The molecule has 10 heteroatoms. The van der Waals surface area contributed by atoms with Crippen molar-refractivity contribution in [3.8, 4) is 0 Å². The van der Waals surface area contributed by atoms with Crippen LogP contribution in [0.3, 0.4) is 0 Å². The molecule has 40 heavy (non-hydrogen) atoms. The van der Waals surface area contributed by atoms with Gasteiger partial charge in [-0.3, -0.25) is 29.1 Å². The van der Waals surface area contributed by atoms with Crippen LogP contribution in [0.2, 0.25) is 0 Å². The zero-order valence-electron chi connectivity index (χ0n) is 25.2. The zero-order chi connectivity index (χ0) is 29.7. The predicted octanol–water partition coefficient (Wildman–Crippen LogP) is 2.78. The molecule has 0 radical (unpaired) electrons. The SMILES string of the molecule is CCCC[C@@H](C(=O)NCC)N1C[C@@H](NC(=O)[C@H](CCC)NC(=O)[C@@H](NC(=O)c2ccncc2)[C@@H](C)CC)CC1C. The van der Waals surface area contributed by atoms with Crippen molar-refractivity contribution in [2.75, 3.05) is 13.1 Å². The number of likely N-dealkylation sites (tertiary alicyclic amines) is 1. The number of carbonyl (C=O) groups excluding carboxylic acids is 4. The normalized spacial score (nSPS) is 20.1. The van der Waals surface area contributed by atoms with Gasteiger partial charge < -0.3 is 21.3 Å². The summed E-state index contributed by atoms with van der Waals surface area (Å²) in [5.74, 6) is -1.06. The summed E-state index contributed by atoms with van der Waals surface area (Å²) < 4.78 is 0. The van der Waals surface area contributed by atoms with Crippen molar-refractivity contribution in [2.45, 2.75) is 117 Å². The highest BCUT2D eigenvalue weighted by Gasteiger charge is 2.38. The van der Waals surface area contributed by atoms with Gasteiger partial charge in [-0.25, -0.2) is 0 Å². The van der Waals surface area contributed by atoms with Crippen LogP contribution in [0.25, 0.3) is 0 Å². The monoisotopic (exact) mass is 558 g/mol. The summed E-state index contributed by atoms with van der Waals surface area (Å²) in [5.41, 5.74) is 0.420. The van der Waals surface area contributed by atoms with E-state index >= 15 is 0 Å². The molecule has 10 nitrogen and oxygen atoms in total. The fraction of sp³-hybridized carbons (Fsp3) is 0.700. The van der Waals surface area contributed by atoms with Crippen molar-refractivity contribution in [1.82, 2.24) is 31.2 Å². The summed E-state index contributed by atoms with van der Waals surface area (Å²) in [6.07, 6.45) is 8.41. The summed E-state index contributed by atoms with van der Waals surface area (Å²) in [5, 5.41) is 11.9. The van der Waals surface area contributed by atoms with Gasteiger partial charge >= 0.3 is 0 Å². The number of hydrogen-bond acceptors (Lipinski definition) is 6. The lowest BCUT2D eigenvalue weighted by Crippen LogP contribution is -2.56. The number of nitrogens with one attached hydrogen (secondary N) is 4. The Balaban J connectivity index is 2.08. The number of unbranched alkanes of at least 4 members (excludes halogenated alkanes) is 1. The summed E-state index contributed by atoms with van der Waals surface area (Å²) in [6, 6.07) is 1.50. The van der Waals surface area contributed by atoms with E-state index in [2.05, 4.69) is 45.0 Å². The van der Waals surface area contributed by atoms with Gasteiger partial charge in [-0.2, -0.15) is 0 Å². The van der Waals surface area contributed by atoms with Crippen molar-refractivity contribution < 1.29 is 19.2 Å². The van der Waals surface area contributed by atoms with Crippen molar-refractivity contribution in [1.29, 1.82) is 0 Å². The molecule has 6 atom stereocenters. The van der Waals surface area contributed by atoms with Crippen molar-refractivity contribution in [3.05, 3.63) is 30.1 Å². The molecule has 4 amide bonds. The van der Waals surface area contributed by atoms with Gasteiger partial charge in [0.2, 0.25) is 17.7 Å². The highest BCUT2D eigenvalue weighted by Crippen LogP contribution is 2.23. The fourth-order valence-corrected chi connectivity index (χ4v) is 5.28. The van der Waals surface area contributed by atoms with Crippen LogP contribution >= 0.6 is 0 Å². The Morgan fingerprint density at radius 3 is 2.27 bits per heavy atom. The molecule has 1 aromatic rings. The van der Waals surface area contributed by atoms with Gasteiger partial charge in [0.25, 0.3) is 5.91 Å². The van der Waals surface area contributed by atoms with Crippen molar-refractivity contribution >= 4 is 23.6 Å². The van der Waals surface area contributed by atoms with E-state index in [1.807, 2.05) is 27.7 Å². The quantitative estimate of drug-likeness (QED) is 0.247. The maximum absolute atomic E-state index is 13.4. The summed E-state index contributed by atoms with van der Waals surface area (Å²) in [4.78, 5) is 58.5. The van der Waals surface area contributed by atoms with Crippen molar-refractivity contribution in [2.24, 2.45) is 5.92 Å². The largest absolute Gasteiger partial charge is 0.355 e. The Kier molecular flexibility index (Phi) is 14.1. The summed E-state index contributed by atoms with van der Waals surface area (Å²) in [7, 11) is 0. The third-order valence-electron chi connectivity index (χ3n) is 7.79. The molecule has 1 fully saturated rings. The topological polar surface area (TPSA) is 133 Å². The van der Waals surface area contributed by atoms with E-state index in [0.29, 0.717) is 37.9 Å². The van der Waals surface area contributed by atoms with Crippen LogP contribution in [0.4, 0.5) is 0 Å². The highest BCUT2D eigenvalue weighted by molar-refractivity contribution is 5.98. The number of hydrogen-bond donors (Lipinski definition) is 4. The fourth-order valence-electron chi connectivity index (χ4n) is 5.28. The third kappa shape index (κ3) is 9.57. The number of pyridine rings is 1. The molecule has 1 aliphatic heterocycles. The van der Waals surface area contributed by atoms with Crippen LogP contribution in [-0.2, 0) is 14.4 Å². The maximum Gasteiger partial charge on any atom is 0.252 e. The molecule has 4 N–H and O–H groups in total. The number of aromatic nitrogens is 1. The van der Waals surface area contributed by atoms with Crippen LogP contribution in [0.15, 0.2) is 24.5 Å². The molecular formula is C30H50N6O4. The molecule has 0 aliphatic carbocycles. The highest BCUT2D eigenvalue weighted by atomic mass is 16.2. The smallest absolute Gasteiger partial charge is 0.252 e. The average Bonchev–Trinajstić information content (AvgIpc) is 3.30. The molecule has 0 aromatic carbocycles. The minimum absolute atomic E-state index is 0.0378. The lowest BCUT2D eigenvalue weighted by molar-refractivity contribution is -0.131. The molecule has 1 aliphatic rings. The van der Waals surface area contributed by atoms with Crippen LogP contribution in [0, 0.1) is 5.92 Å². The van der Waals surface area contributed by atoms with E-state index in [9.17, 15) is 19.2 Å². The molecule has 2 rings (SSSR count). The Morgan fingerprint density at radius 2 is 1.68 bits per heavy atom. The molecule has 1 unspecified atom stereocenters. The van der Waals surface area contributed by atoms with E-state index in [0.717, 1.165) is 25.7 Å². The second-order valence-electron chi connectivity index (χ2n) is 11.0. The minimum atomic E-state index is -0.781. The van der Waals surface area contributed by atoms with Gasteiger partial charge in [0.05, 0.1) is 6.04 Å². The average molecular weight is 559 g/mol. The first-order chi connectivity index (χ1) is 19.2. The molecule has 1 aromatic heterocycles. The second kappa shape index (κ2) is 16.9. The lowest BCUT2D eigenvalue weighted by atomic mass is 9.97. The van der Waals surface area contributed by atoms with Crippen molar-refractivity contribution in [3.63, 3.8) is 0 Å². The first kappa shape index (κ1) is 33.2. The standard InChI is InChI=1S/C30H50N6O4/c1-7-11-13-25(29(39)32-10-4)36-19-23(18-21(36)6)33-28(38)24(12-8-2)34-30(40)26(20(5)9-3)35-27(37)22-14-16-31-17-15-22/h14-17,20-21,23-26H,7-13,18-19H2,1-6H3,(H,32,39)(H,33,38)(H,34,40)(H,35,37)/t20-,21?,23-,24-,25-,26-/m0/s1. The number of carbonyl (C=O) groups is 4. The van der Waals surface area contributed by atoms with Gasteiger partial charge in [-0.1, -0.05) is 53.4 Å². The Bertz CT molecular complexity index is 959. The van der Waals surface area contributed by atoms with E-state index in [1.54, 1.807) is 12.1 Å². The van der Waals surface area contributed by atoms with E-state index < -0.39 is 12.1 Å². The van der Waals surface area contributed by atoms with Gasteiger partial charge in [0.1, 0.15) is 12.1 Å². The Labute approximate surface area is 239 Å². The van der Waals surface area contributed by atoms with Crippen LogP contribution in [0.1, 0.15) is 96.8 Å². The number of likely N-dealkylation sites (N-methyl/N-ethyl adjacent to an activating group) is 1. The summed E-state index contributed by atoms with van der Waals surface area (Å²) in [6.45, 7) is 13.1. The zero-order valence-corrected chi connectivity index (χ0v) is 25.2. The van der Waals surface area contributed by atoms with Gasteiger partial charge in [0.15, 0.2) is 0 Å². The number of rotatable bonds is 16. The third-order valence-corrected chi connectivity index (χ3v) is 7.79. The molecule has 1 saturated heterocycles. The molecule has 2 heterocycles. The molecule has 224 valence electrons. The Morgan fingerprint density at radius 1 is 0.975 bits per heavy atom. The maximum atomic E-state index is 13.4. The predicted molar refractivity (Wildman–Crippen MR) is 156 cm³/mol. The number of amides is 4. The molecule has 0 bridgehead atoms. The molecule has 0 saturated carbocycles. The van der Waals surface area contributed by atoms with E-state index in [1.165, 1.54) is 12.4 Å². The van der Waals surface area contributed by atoms with Crippen LogP contribution < -0.4 is 21.3 Å². The van der Waals surface area contributed by atoms with Crippen LogP contribution in [-0.4, -0.2) is 76.8 Å². The van der Waals surface area contributed by atoms with Gasteiger partial charge in [-0.05, 0) is 51.2 Å². The van der Waals surface area contributed by atoms with Gasteiger partial charge in [0, 0.05) is 43.1 Å². The minimum Gasteiger partial charge on any atom is -0.355 e. The second-order valence-corrected chi connectivity index (χ2v) is 11.0. The molecular weight excluding hydrogens is 508 g/mol. The summed E-state index contributed by atoms with van der Waals surface area (Å²) >= 11 is 0. The lowest BCUT2D eigenvalue weighted by Gasteiger charge is -2.30. The number of nitrogens with zero attached hydrogens (tertiary/aromatic N) is 2. The van der Waals surface area contributed by atoms with E-state index in [-0.39, 0.29) is 47.7 Å². The first-order valence-corrected chi connectivity index (χ1v) is 15.0. The Hall–Kier alpha value is -3.01. The van der Waals surface area contributed by atoms with Gasteiger partial charge in [-0.15, -0.1) is 0 Å². The first-order valence-electron chi connectivity index (χ1n) is 15.0. The van der Waals surface area contributed by atoms with Crippen LogP contribution in [0.5, 0.6) is 0 Å². The van der Waals surface area contributed by atoms with E-state index in [4.69, 9.17) is 0 Å².